The molecule has 0 fully saturated rings. The number of halogens is 2. The number of benzene rings is 1. The summed E-state index contributed by atoms with van der Waals surface area (Å²) in [5, 5.41) is 0. The average Bonchev–Trinajstić information content (AvgIpc) is 2.94. The highest BCUT2D eigenvalue weighted by Gasteiger charge is 2.31. The third-order valence-electron chi connectivity index (χ3n) is 3.30. The van der Waals surface area contributed by atoms with Gasteiger partial charge in [-0.05, 0) is 41.1 Å². The SMILES string of the molecule is Cc1sc(C2CN=C(N)N2c2ccccc2F)cc1Br. The molecule has 1 atom stereocenters. The lowest BCUT2D eigenvalue weighted by Crippen LogP contribution is -2.36. The first-order valence-electron chi connectivity index (χ1n) is 6.17. The Hall–Kier alpha value is -1.40. The van der Waals surface area contributed by atoms with Gasteiger partial charge in [-0.15, -0.1) is 11.3 Å². The zero-order valence-electron chi connectivity index (χ0n) is 10.8. The first-order chi connectivity index (χ1) is 9.58. The summed E-state index contributed by atoms with van der Waals surface area (Å²) in [5.74, 6) is 0.0761. The van der Waals surface area contributed by atoms with Crippen LogP contribution in [0.1, 0.15) is 15.8 Å². The van der Waals surface area contributed by atoms with E-state index in [1.807, 2.05) is 6.92 Å². The van der Waals surface area contributed by atoms with Crippen molar-refractivity contribution in [2.75, 3.05) is 11.4 Å². The number of hydrogen-bond acceptors (Lipinski definition) is 4. The van der Waals surface area contributed by atoms with Gasteiger partial charge in [0, 0.05) is 14.2 Å². The zero-order chi connectivity index (χ0) is 14.3. The fraction of sp³-hybridized carbons (Fsp3) is 0.214. The molecule has 0 saturated heterocycles. The lowest BCUT2D eigenvalue weighted by atomic mass is 10.2. The van der Waals surface area contributed by atoms with Crippen LogP contribution in [0.3, 0.4) is 0 Å². The first kappa shape index (κ1) is 13.6. The molecule has 3 nitrogen and oxygen atoms in total. The van der Waals surface area contributed by atoms with Crippen molar-refractivity contribution in [2.24, 2.45) is 10.7 Å². The Bertz CT molecular complexity index is 663. The van der Waals surface area contributed by atoms with Crippen LogP contribution in [0, 0.1) is 12.7 Å². The molecule has 0 radical (unpaired) electrons. The number of aryl methyl sites for hydroxylation is 1. The van der Waals surface area contributed by atoms with E-state index in [4.69, 9.17) is 5.73 Å². The van der Waals surface area contributed by atoms with Crippen LogP contribution in [0.25, 0.3) is 0 Å². The van der Waals surface area contributed by atoms with Crippen molar-refractivity contribution in [2.45, 2.75) is 13.0 Å². The van der Waals surface area contributed by atoms with Crippen LogP contribution in [0.2, 0.25) is 0 Å². The van der Waals surface area contributed by atoms with E-state index in [-0.39, 0.29) is 11.9 Å². The lowest BCUT2D eigenvalue weighted by Gasteiger charge is -2.25. The molecule has 1 aromatic heterocycles. The summed E-state index contributed by atoms with van der Waals surface area (Å²) in [6, 6.07) is 8.66. The summed E-state index contributed by atoms with van der Waals surface area (Å²) < 4.78 is 15.1. The van der Waals surface area contributed by atoms with E-state index in [2.05, 4.69) is 27.0 Å². The molecule has 0 aliphatic carbocycles. The summed E-state index contributed by atoms with van der Waals surface area (Å²) >= 11 is 5.20. The number of nitrogens with two attached hydrogens (primary N) is 1. The van der Waals surface area contributed by atoms with Crippen LogP contribution in [0.4, 0.5) is 10.1 Å². The topological polar surface area (TPSA) is 41.6 Å². The minimum absolute atomic E-state index is 0.0399. The van der Waals surface area contributed by atoms with Crippen molar-refractivity contribution in [1.82, 2.24) is 0 Å². The normalized spacial score (nSPS) is 18.4. The predicted molar refractivity (Wildman–Crippen MR) is 84.9 cm³/mol. The van der Waals surface area contributed by atoms with Crippen LogP contribution in [-0.4, -0.2) is 12.5 Å². The minimum atomic E-state index is -0.287. The summed E-state index contributed by atoms with van der Waals surface area (Å²) in [6.07, 6.45) is 0. The maximum Gasteiger partial charge on any atom is 0.196 e. The second-order valence-electron chi connectivity index (χ2n) is 4.59. The number of nitrogens with zero attached hydrogens (tertiary/aromatic N) is 2. The standard InChI is InChI=1S/C14H13BrFN3S/c1-8-9(15)6-13(20-8)12-7-18-14(17)19(12)11-5-3-2-4-10(11)16/h2-6,12H,7H2,1H3,(H2,17,18). The van der Waals surface area contributed by atoms with Gasteiger partial charge in [-0.3, -0.25) is 9.89 Å². The fourth-order valence-corrected chi connectivity index (χ4v) is 3.94. The van der Waals surface area contributed by atoms with Gasteiger partial charge >= 0.3 is 0 Å². The van der Waals surface area contributed by atoms with Crippen molar-refractivity contribution in [1.29, 1.82) is 0 Å². The maximum atomic E-state index is 14.0. The molecule has 3 rings (SSSR count). The predicted octanol–water partition coefficient (Wildman–Crippen LogP) is 3.83. The summed E-state index contributed by atoms with van der Waals surface area (Å²) in [5.41, 5.74) is 6.43. The number of anilines is 1. The Morgan fingerprint density at radius 3 is 2.85 bits per heavy atom. The monoisotopic (exact) mass is 353 g/mol. The van der Waals surface area contributed by atoms with Crippen molar-refractivity contribution >= 4 is 38.9 Å². The number of thiophene rings is 1. The van der Waals surface area contributed by atoms with Crippen LogP contribution >= 0.6 is 27.3 Å². The van der Waals surface area contributed by atoms with Gasteiger partial charge in [-0.1, -0.05) is 12.1 Å². The smallest absolute Gasteiger partial charge is 0.196 e. The van der Waals surface area contributed by atoms with Gasteiger partial charge in [-0.2, -0.15) is 0 Å². The number of para-hydroxylation sites is 1. The molecule has 0 spiro atoms. The van der Waals surface area contributed by atoms with Gasteiger partial charge in [0.15, 0.2) is 5.96 Å². The van der Waals surface area contributed by atoms with Crippen LogP contribution < -0.4 is 10.6 Å². The molecule has 2 aromatic rings. The van der Waals surface area contributed by atoms with Crippen molar-refractivity contribution in [3.05, 3.63) is 50.4 Å². The molecule has 2 heterocycles. The number of aliphatic imine (C=N–C) groups is 1. The second kappa shape index (κ2) is 5.18. The molecular formula is C14H13BrFN3S. The van der Waals surface area contributed by atoms with Gasteiger partial charge in [0.05, 0.1) is 18.3 Å². The van der Waals surface area contributed by atoms with Crippen LogP contribution in [-0.2, 0) is 0 Å². The Labute approximate surface area is 129 Å². The third kappa shape index (κ3) is 2.23. The molecule has 0 amide bonds. The summed E-state index contributed by atoms with van der Waals surface area (Å²) in [6.45, 7) is 2.59. The fourth-order valence-electron chi connectivity index (χ4n) is 2.30. The maximum absolute atomic E-state index is 14.0. The Kier molecular flexibility index (Phi) is 3.52. The van der Waals surface area contributed by atoms with E-state index in [0.717, 1.165) is 9.35 Å². The van der Waals surface area contributed by atoms with Gasteiger partial charge in [0.25, 0.3) is 0 Å². The molecule has 6 heteroatoms. The van der Waals surface area contributed by atoms with E-state index in [1.165, 1.54) is 10.9 Å². The first-order valence-corrected chi connectivity index (χ1v) is 7.78. The van der Waals surface area contributed by atoms with Crippen molar-refractivity contribution in [3.63, 3.8) is 0 Å². The third-order valence-corrected chi connectivity index (χ3v) is 5.54. The molecule has 104 valence electrons. The highest BCUT2D eigenvalue weighted by atomic mass is 79.9. The summed E-state index contributed by atoms with van der Waals surface area (Å²) in [4.78, 5) is 8.37. The van der Waals surface area contributed by atoms with E-state index < -0.39 is 0 Å². The molecule has 2 N–H and O–H groups in total. The number of rotatable bonds is 2. The average molecular weight is 354 g/mol. The largest absolute Gasteiger partial charge is 0.369 e. The number of hydrogen-bond donors (Lipinski definition) is 1. The van der Waals surface area contributed by atoms with Gasteiger partial charge in [0.2, 0.25) is 0 Å². The number of guanidine groups is 1. The van der Waals surface area contributed by atoms with Crippen molar-refractivity contribution < 1.29 is 4.39 Å². The van der Waals surface area contributed by atoms with E-state index in [1.54, 1.807) is 34.4 Å². The molecule has 1 aliphatic heterocycles. The Morgan fingerprint density at radius 1 is 1.45 bits per heavy atom. The van der Waals surface area contributed by atoms with Crippen LogP contribution in [0.15, 0.2) is 39.8 Å². The van der Waals surface area contributed by atoms with Gasteiger partial charge in [0.1, 0.15) is 5.82 Å². The van der Waals surface area contributed by atoms with E-state index in [9.17, 15) is 4.39 Å². The molecule has 1 unspecified atom stereocenters. The zero-order valence-corrected chi connectivity index (χ0v) is 13.2. The highest BCUT2D eigenvalue weighted by molar-refractivity contribution is 9.10. The molecule has 0 bridgehead atoms. The van der Waals surface area contributed by atoms with E-state index in [0.29, 0.717) is 18.2 Å². The summed E-state index contributed by atoms with van der Waals surface area (Å²) in [7, 11) is 0. The highest BCUT2D eigenvalue weighted by Crippen LogP contribution is 2.38. The Morgan fingerprint density at radius 2 is 2.20 bits per heavy atom. The molecule has 0 saturated carbocycles. The lowest BCUT2D eigenvalue weighted by molar-refractivity contribution is 0.620. The van der Waals surface area contributed by atoms with E-state index >= 15 is 0 Å². The quantitative estimate of drug-likeness (QED) is 0.891. The molecular weight excluding hydrogens is 341 g/mol. The second-order valence-corrected chi connectivity index (χ2v) is 6.73. The molecule has 1 aliphatic rings. The van der Waals surface area contributed by atoms with Crippen molar-refractivity contribution in [3.8, 4) is 0 Å². The van der Waals surface area contributed by atoms with Crippen LogP contribution in [0.5, 0.6) is 0 Å². The Balaban J connectivity index is 2.03. The van der Waals surface area contributed by atoms with Gasteiger partial charge < -0.3 is 5.73 Å². The molecule has 1 aromatic carbocycles. The molecule has 20 heavy (non-hydrogen) atoms. The minimum Gasteiger partial charge on any atom is -0.369 e. The van der Waals surface area contributed by atoms with Gasteiger partial charge in [-0.25, -0.2) is 4.39 Å².